The standard InChI is InChI=1S/C16H26N4O3S/c1-13-11-19(12-14(2)23-13)16-5-4-15(10-17-16)24(21,22)20-8-6-18(3)7-9-20/h4-5,10,13-14H,6-9,11-12H2,1-3H3/p+2/t13-,14+. The molecule has 1 aromatic rings. The van der Waals surface area contributed by atoms with Crippen LogP contribution in [0.15, 0.2) is 23.2 Å². The summed E-state index contributed by atoms with van der Waals surface area (Å²) in [5.41, 5.74) is 0. The van der Waals surface area contributed by atoms with E-state index >= 15 is 0 Å². The van der Waals surface area contributed by atoms with E-state index in [1.807, 2.05) is 6.07 Å². The minimum atomic E-state index is -3.41. The Hall–Kier alpha value is -1.22. The molecule has 8 heteroatoms. The molecule has 1 aromatic heterocycles. The SMILES string of the molecule is C[C@@H]1CN(c2ccc(S(=O)(=O)N3CC[NH+](C)CC3)c[nH+]2)C[C@H](C)O1. The molecule has 0 spiro atoms. The van der Waals surface area contributed by atoms with E-state index in [0.29, 0.717) is 18.0 Å². The molecule has 134 valence electrons. The second-order valence-corrected chi connectivity index (χ2v) is 8.87. The van der Waals surface area contributed by atoms with Gasteiger partial charge in [0, 0.05) is 6.07 Å². The van der Waals surface area contributed by atoms with Gasteiger partial charge in [0.15, 0.2) is 0 Å². The average molecular weight is 356 g/mol. The van der Waals surface area contributed by atoms with Gasteiger partial charge >= 0.3 is 0 Å². The summed E-state index contributed by atoms with van der Waals surface area (Å²) in [4.78, 5) is 7.07. The molecule has 2 aliphatic rings. The number of anilines is 1. The summed E-state index contributed by atoms with van der Waals surface area (Å²) < 4.78 is 32.8. The number of pyridine rings is 1. The number of morpholine rings is 1. The lowest BCUT2D eigenvalue weighted by atomic mass is 10.2. The average Bonchev–Trinajstić information content (AvgIpc) is 2.54. The molecule has 0 saturated carbocycles. The molecule has 0 unspecified atom stereocenters. The number of H-pyrrole nitrogens is 1. The Bertz CT molecular complexity index is 646. The Balaban J connectivity index is 1.74. The van der Waals surface area contributed by atoms with Crippen LogP contribution in [0.1, 0.15) is 13.8 Å². The largest absolute Gasteiger partial charge is 0.367 e. The van der Waals surface area contributed by atoms with Crippen molar-refractivity contribution in [1.29, 1.82) is 0 Å². The fraction of sp³-hybridized carbons (Fsp3) is 0.688. The molecule has 7 nitrogen and oxygen atoms in total. The van der Waals surface area contributed by atoms with Crippen LogP contribution in [-0.2, 0) is 14.8 Å². The number of ether oxygens (including phenoxy) is 1. The van der Waals surface area contributed by atoms with Crippen molar-refractivity contribution in [2.75, 3.05) is 51.2 Å². The van der Waals surface area contributed by atoms with E-state index in [0.717, 1.165) is 32.0 Å². The van der Waals surface area contributed by atoms with Gasteiger partial charge in [-0.15, -0.1) is 0 Å². The molecular weight excluding hydrogens is 328 g/mol. The maximum absolute atomic E-state index is 12.7. The fourth-order valence-electron chi connectivity index (χ4n) is 3.39. The number of likely N-dealkylation sites (N-methyl/N-ethyl adjacent to an activating group) is 1. The zero-order valence-corrected chi connectivity index (χ0v) is 15.5. The third-order valence-electron chi connectivity index (χ3n) is 4.74. The highest BCUT2D eigenvalue weighted by Crippen LogP contribution is 2.19. The molecule has 2 atom stereocenters. The van der Waals surface area contributed by atoms with Crippen molar-refractivity contribution in [1.82, 2.24) is 4.31 Å². The van der Waals surface area contributed by atoms with Crippen LogP contribution in [0.25, 0.3) is 0 Å². The van der Waals surface area contributed by atoms with Crippen LogP contribution in [0.4, 0.5) is 5.82 Å². The highest BCUT2D eigenvalue weighted by atomic mass is 32.2. The van der Waals surface area contributed by atoms with Crippen molar-refractivity contribution in [3.63, 3.8) is 0 Å². The number of rotatable bonds is 3. The van der Waals surface area contributed by atoms with Crippen molar-refractivity contribution in [3.05, 3.63) is 18.3 Å². The molecule has 3 heterocycles. The molecule has 2 N–H and O–H groups in total. The molecule has 2 aliphatic heterocycles. The number of aromatic amines is 1. The van der Waals surface area contributed by atoms with E-state index in [4.69, 9.17) is 4.74 Å². The van der Waals surface area contributed by atoms with Crippen molar-refractivity contribution in [3.8, 4) is 0 Å². The van der Waals surface area contributed by atoms with Crippen molar-refractivity contribution in [2.24, 2.45) is 0 Å². The van der Waals surface area contributed by atoms with Gasteiger partial charge in [0.05, 0.1) is 45.4 Å². The van der Waals surface area contributed by atoms with Crippen LogP contribution in [0.3, 0.4) is 0 Å². The first-order chi connectivity index (χ1) is 11.4. The van der Waals surface area contributed by atoms with Gasteiger partial charge in [0.2, 0.25) is 10.0 Å². The summed E-state index contributed by atoms with van der Waals surface area (Å²) in [5, 5.41) is 0. The van der Waals surface area contributed by atoms with Gasteiger partial charge in [-0.05, 0) is 19.9 Å². The lowest BCUT2D eigenvalue weighted by Crippen LogP contribution is -3.12. The molecule has 0 aliphatic carbocycles. The summed E-state index contributed by atoms with van der Waals surface area (Å²) in [6.07, 6.45) is 1.94. The molecule has 2 saturated heterocycles. The first-order valence-corrected chi connectivity index (χ1v) is 10.0. The lowest BCUT2D eigenvalue weighted by molar-refractivity contribution is -0.883. The summed E-state index contributed by atoms with van der Waals surface area (Å²) in [6, 6.07) is 3.57. The molecule has 0 aromatic carbocycles. The smallest absolute Gasteiger partial charge is 0.274 e. The number of nitrogens with zero attached hydrogens (tertiary/aromatic N) is 2. The van der Waals surface area contributed by atoms with Crippen LogP contribution < -0.4 is 14.8 Å². The normalized spacial score (nSPS) is 27.4. The number of piperazine rings is 1. The summed E-state index contributed by atoms with van der Waals surface area (Å²) in [5.74, 6) is 0.929. The first kappa shape index (κ1) is 17.6. The molecule has 2 fully saturated rings. The summed E-state index contributed by atoms with van der Waals surface area (Å²) >= 11 is 0. The minimum absolute atomic E-state index is 0.165. The quantitative estimate of drug-likeness (QED) is 0.726. The molecule has 3 rings (SSSR count). The van der Waals surface area contributed by atoms with Gasteiger partial charge in [0.1, 0.15) is 24.2 Å². The monoisotopic (exact) mass is 356 g/mol. The summed E-state index contributed by atoms with van der Waals surface area (Å²) in [6.45, 7) is 8.56. The van der Waals surface area contributed by atoms with Gasteiger partial charge in [-0.2, -0.15) is 4.31 Å². The number of hydrogen-bond acceptors (Lipinski definition) is 4. The molecule has 0 bridgehead atoms. The number of aromatic nitrogens is 1. The van der Waals surface area contributed by atoms with Crippen LogP contribution in [-0.4, -0.2) is 71.2 Å². The van der Waals surface area contributed by atoms with E-state index in [1.54, 1.807) is 16.6 Å². The second-order valence-electron chi connectivity index (χ2n) is 6.93. The Morgan fingerprint density at radius 2 is 1.79 bits per heavy atom. The minimum Gasteiger partial charge on any atom is -0.367 e. The van der Waals surface area contributed by atoms with E-state index < -0.39 is 10.0 Å². The van der Waals surface area contributed by atoms with E-state index in [1.165, 1.54) is 4.90 Å². The van der Waals surface area contributed by atoms with E-state index in [-0.39, 0.29) is 12.2 Å². The van der Waals surface area contributed by atoms with Crippen LogP contribution in [0.2, 0.25) is 0 Å². The number of nitrogens with one attached hydrogen (secondary N) is 2. The van der Waals surface area contributed by atoms with Crippen LogP contribution in [0.5, 0.6) is 0 Å². The van der Waals surface area contributed by atoms with Gasteiger partial charge in [-0.1, -0.05) is 0 Å². The maximum Gasteiger partial charge on any atom is 0.274 e. The Morgan fingerprint density at radius 3 is 2.33 bits per heavy atom. The number of hydrogen-bond donors (Lipinski definition) is 1. The third-order valence-corrected chi connectivity index (χ3v) is 6.64. The van der Waals surface area contributed by atoms with Gasteiger partial charge in [-0.25, -0.2) is 13.4 Å². The van der Waals surface area contributed by atoms with Gasteiger partial charge < -0.3 is 9.64 Å². The van der Waals surface area contributed by atoms with E-state index in [9.17, 15) is 8.42 Å². The zero-order chi connectivity index (χ0) is 17.3. The Kier molecular flexibility index (Phi) is 5.10. The second kappa shape index (κ2) is 6.95. The molecule has 0 radical (unpaired) electrons. The van der Waals surface area contributed by atoms with Gasteiger partial charge in [0.25, 0.3) is 5.82 Å². The fourth-order valence-corrected chi connectivity index (χ4v) is 4.80. The highest BCUT2D eigenvalue weighted by molar-refractivity contribution is 7.89. The van der Waals surface area contributed by atoms with Crippen LogP contribution >= 0.6 is 0 Å². The maximum atomic E-state index is 12.7. The van der Waals surface area contributed by atoms with Crippen molar-refractivity contribution in [2.45, 2.75) is 31.0 Å². The third kappa shape index (κ3) is 3.72. The number of sulfonamides is 1. The molecular formula is C16H28N4O3S+2. The Labute approximate surface area is 144 Å². The van der Waals surface area contributed by atoms with Crippen molar-refractivity contribution >= 4 is 15.8 Å². The zero-order valence-electron chi connectivity index (χ0n) is 14.7. The summed E-state index contributed by atoms with van der Waals surface area (Å²) in [7, 11) is -1.31. The number of quaternary nitrogens is 1. The van der Waals surface area contributed by atoms with Crippen molar-refractivity contribution < 1.29 is 23.0 Å². The lowest BCUT2D eigenvalue weighted by Gasteiger charge is -2.31. The topological polar surface area (TPSA) is 68.4 Å². The predicted octanol–water partition coefficient (Wildman–Crippen LogP) is -1.37. The molecule has 24 heavy (non-hydrogen) atoms. The van der Waals surface area contributed by atoms with E-state index in [2.05, 4.69) is 30.8 Å². The van der Waals surface area contributed by atoms with Crippen LogP contribution in [0, 0.1) is 0 Å². The highest BCUT2D eigenvalue weighted by Gasteiger charge is 2.32. The molecule has 0 amide bonds. The Morgan fingerprint density at radius 1 is 1.17 bits per heavy atom. The predicted molar refractivity (Wildman–Crippen MR) is 90.6 cm³/mol. The first-order valence-electron chi connectivity index (χ1n) is 8.60. The van der Waals surface area contributed by atoms with Gasteiger partial charge in [-0.3, -0.25) is 4.90 Å².